The van der Waals surface area contributed by atoms with Gasteiger partial charge in [-0.1, -0.05) is 0 Å². The van der Waals surface area contributed by atoms with Crippen LogP contribution in [0.5, 0.6) is 0 Å². The van der Waals surface area contributed by atoms with E-state index in [0.29, 0.717) is 17.6 Å². The van der Waals surface area contributed by atoms with Crippen molar-refractivity contribution in [2.24, 2.45) is 0 Å². The molecule has 1 N–H and O–H groups in total. The van der Waals surface area contributed by atoms with Crippen molar-refractivity contribution in [1.29, 1.82) is 5.26 Å². The van der Waals surface area contributed by atoms with Gasteiger partial charge in [-0.25, -0.2) is 9.97 Å². The van der Waals surface area contributed by atoms with E-state index in [4.69, 9.17) is 5.26 Å². The highest BCUT2D eigenvalue weighted by Gasteiger charge is 2.23. The fourth-order valence-corrected chi connectivity index (χ4v) is 3.17. The minimum Gasteiger partial charge on any atom is -0.367 e. The molecule has 1 aromatic heterocycles. The largest absolute Gasteiger partial charge is 0.367 e. The van der Waals surface area contributed by atoms with Crippen molar-refractivity contribution >= 4 is 16.7 Å². The number of nitrogens with one attached hydrogen (secondary N) is 1. The van der Waals surface area contributed by atoms with Gasteiger partial charge >= 0.3 is 0 Å². The smallest absolute Gasteiger partial charge is 0.137 e. The Hall–Kier alpha value is -2.19. The molecular formula is C17H21N5. The molecule has 0 atom stereocenters. The Morgan fingerprint density at radius 1 is 1.18 bits per heavy atom. The number of anilines is 1. The summed E-state index contributed by atoms with van der Waals surface area (Å²) in [5, 5.41) is 13.6. The lowest BCUT2D eigenvalue weighted by Crippen LogP contribution is -2.36. The normalized spacial score (nSPS) is 21.7. The van der Waals surface area contributed by atoms with Gasteiger partial charge in [0.05, 0.1) is 17.1 Å². The molecule has 5 heteroatoms. The Morgan fingerprint density at radius 3 is 2.64 bits per heavy atom. The Kier molecular flexibility index (Phi) is 4.21. The van der Waals surface area contributed by atoms with Crippen LogP contribution in [0.1, 0.15) is 31.2 Å². The summed E-state index contributed by atoms with van der Waals surface area (Å²) in [5.41, 5.74) is 1.51. The first-order chi connectivity index (χ1) is 10.7. The zero-order valence-corrected chi connectivity index (χ0v) is 13.1. The van der Waals surface area contributed by atoms with E-state index in [1.54, 1.807) is 12.4 Å². The summed E-state index contributed by atoms with van der Waals surface area (Å²) in [6, 6.07) is 8.85. The molecule has 0 amide bonds. The number of hydrogen-bond acceptors (Lipinski definition) is 5. The number of nitrogens with zero attached hydrogens (tertiary/aromatic N) is 4. The second-order valence-electron chi connectivity index (χ2n) is 6.18. The van der Waals surface area contributed by atoms with Gasteiger partial charge in [0.15, 0.2) is 0 Å². The van der Waals surface area contributed by atoms with Crippen LogP contribution in [-0.2, 0) is 0 Å². The lowest BCUT2D eigenvalue weighted by atomic mass is 9.90. The second kappa shape index (κ2) is 6.29. The van der Waals surface area contributed by atoms with Gasteiger partial charge in [-0.2, -0.15) is 5.26 Å². The van der Waals surface area contributed by atoms with Gasteiger partial charge in [0.1, 0.15) is 12.1 Å². The molecule has 1 fully saturated rings. The minimum absolute atomic E-state index is 0.444. The van der Waals surface area contributed by atoms with Crippen molar-refractivity contribution in [2.45, 2.75) is 37.8 Å². The van der Waals surface area contributed by atoms with Crippen LogP contribution in [0.4, 0.5) is 5.82 Å². The second-order valence-corrected chi connectivity index (χ2v) is 6.18. The lowest BCUT2D eigenvalue weighted by Gasteiger charge is -2.33. The van der Waals surface area contributed by atoms with Crippen molar-refractivity contribution in [3.8, 4) is 6.07 Å². The quantitative estimate of drug-likeness (QED) is 0.943. The third-order valence-corrected chi connectivity index (χ3v) is 4.53. The summed E-state index contributed by atoms with van der Waals surface area (Å²) in [7, 11) is 4.31. The van der Waals surface area contributed by atoms with Crippen molar-refractivity contribution in [3.63, 3.8) is 0 Å². The molecule has 3 rings (SSSR count). The molecular weight excluding hydrogens is 274 g/mol. The summed E-state index contributed by atoms with van der Waals surface area (Å²) in [6.07, 6.45) is 6.29. The topological polar surface area (TPSA) is 64.8 Å². The van der Waals surface area contributed by atoms with Crippen molar-refractivity contribution in [3.05, 3.63) is 30.1 Å². The predicted molar refractivity (Wildman–Crippen MR) is 87.6 cm³/mol. The van der Waals surface area contributed by atoms with Gasteiger partial charge < -0.3 is 10.2 Å². The highest BCUT2D eigenvalue weighted by atomic mass is 15.1. The number of fused-ring (bicyclic) bond motifs is 1. The molecule has 22 heavy (non-hydrogen) atoms. The SMILES string of the molecule is CN(C)C1CCC(Nc2ncnc3ccc(C#N)cc23)CC1. The van der Waals surface area contributed by atoms with Crippen LogP contribution in [0.2, 0.25) is 0 Å². The molecule has 1 saturated carbocycles. The average molecular weight is 295 g/mol. The predicted octanol–water partition coefficient (Wildman–Crippen LogP) is 2.79. The van der Waals surface area contributed by atoms with Crippen molar-refractivity contribution in [1.82, 2.24) is 14.9 Å². The molecule has 5 nitrogen and oxygen atoms in total. The summed E-state index contributed by atoms with van der Waals surface area (Å²) < 4.78 is 0. The first-order valence-corrected chi connectivity index (χ1v) is 7.75. The van der Waals surface area contributed by atoms with Crippen molar-refractivity contribution < 1.29 is 0 Å². The van der Waals surface area contributed by atoms with Crippen molar-refractivity contribution in [2.75, 3.05) is 19.4 Å². The maximum absolute atomic E-state index is 9.07. The summed E-state index contributed by atoms with van der Waals surface area (Å²) in [5.74, 6) is 0.843. The molecule has 1 aliphatic carbocycles. The fraction of sp³-hybridized carbons (Fsp3) is 0.471. The molecule has 0 radical (unpaired) electrons. The minimum atomic E-state index is 0.444. The van der Waals surface area contributed by atoms with Gasteiger partial charge in [0.2, 0.25) is 0 Å². The van der Waals surface area contributed by atoms with Crippen LogP contribution in [0.3, 0.4) is 0 Å². The van der Waals surface area contributed by atoms with Gasteiger partial charge in [-0.15, -0.1) is 0 Å². The van der Waals surface area contributed by atoms with Gasteiger partial charge in [-0.05, 0) is 58.0 Å². The van der Waals surface area contributed by atoms with Crippen LogP contribution in [-0.4, -0.2) is 41.0 Å². The zero-order chi connectivity index (χ0) is 15.5. The summed E-state index contributed by atoms with van der Waals surface area (Å²) in [4.78, 5) is 11.0. The van der Waals surface area contributed by atoms with E-state index in [0.717, 1.165) is 29.6 Å². The maximum Gasteiger partial charge on any atom is 0.137 e. The molecule has 114 valence electrons. The molecule has 1 aliphatic rings. The van der Waals surface area contributed by atoms with Crippen LogP contribution in [0, 0.1) is 11.3 Å². The van der Waals surface area contributed by atoms with Gasteiger partial charge in [0, 0.05) is 17.5 Å². The highest BCUT2D eigenvalue weighted by Crippen LogP contribution is 2.27. The van der Waals surface area contributed by atoms with Crippen LogP contribution in [0.15, 0.2) is 24.5 Å². The summed E-state index contributed by atoms with van der Waals surface area (Å²) >= 11 is 0. The summed E-state index contributed by atoms with van der Waals surface area (Å²) in [6.45, 7) is 0. The van der Waals surface area contributed by atoms with Crippen LogP contribution < -0.4 is 5.32 Å². The van der Waals surface area contributed by atoms with Gasteiger partial charge in [0.25, 0.3) is 0 Å². The van der Waals surface area contributed by atoms with E-state index < -0.39 is 0 Å². The standard InChI is InChI=1S/C17H21N5/c1-22(2)14-6-4-13(5-7-14)21-17-15-9-12(10-18)3-8-16(15)19-11-20-17/h3,8-9,11,13-14H,4-7H2,1-2H3,(H,19,20,21). The number of nitriles is 1. The highest BCUT2D eigenvalue weighted by molar-refractivity contribution is 5.89. The van der Waals surface area contributed by atoms with E-state index in [2.05, 4.69) is 40.3 Å². The maximum atomic E-state index is 9.07. The van der Waals surface area contributed by atoms with Crippen LogP contribution >= 0.6 is 0 Å². The number of hydrogen-bond donors (Lipinski definition) is 1. The number of rotatable bonds is 3. The molecule has 2 aromatic rings. The lowest BCUT2D eigenvalue weighted by molar-refractivity contribution is 0.221. The number of benzene rings is 1. The molecule has 0 aliphatic heterocycles. The first-order valence-electron chi connectivity index (χ1n) is 7.75. The Balaban J connectivity index is 1.78. The Morgan fingerprint density at radius 2 is 1.95 bits per heavy atom. The average Bonchev–Trinajstić information content (AvgIpc) is 2.55. The van der Waals surface area contributed by atoms with E-state index in [9.17, 15) is 0 Å². The molecule has 0 saturated heterocycles. The monoisotopic (exact) mass is 295 g/mol. The zero-order valence-electron chi connectivity index (χ0n) is 13.1. The fourth-order valence-electron chi connectivity index (χ4n) is 3.17. The molecule has 0 spiro atoms. The van der Waals surface area contributed by atoms with E-state index in [-0.39, 0.29) is 0 Å². The first kappa shape index (κ1) is 14.7. The van der Waals surface area contributed by atoms with E-state index >= 15 is 0 Å². The third-order valence-electron chi connectivity index (χ3n) is 4.53. The van der Waals surface area contributed by atoms with E-state index in [1.807, 2.05) is 12.1 Å². The molecule has 1 aromatic carbocycles. The molecule has 1 heterocycles. The number of aromatic nitrogens is 2. The Bertz CT molecular complexity index is 696. The van der Waals surface area contributed by atoms with Gasteiger partial charge in [-0.3, -0.25) is 0 Å². The Labute approximate surface area is 131 Å². The third kappa shape index (κ3) is 3.02. The molecule has 0 unspecified atom stereocenters. The van der Waals surface area contributed by atoms with Crippen LogP contribution in [0.25, 0.3) is 10.9 Å². The van der Waals surface area contributed by atoms with E-state index in [1.165, 1.54) is 12.8 Å². The molecule has 0 bridgehead atoms.